The summed E-state index contributed by atoms with van der Waals surface area (Å²) in [6.45, 7) is 7.32. The monoisotopic (exact) mass is 251 g/mol. The van der Waals surface area contributed by atoms with E-state index in [-0.39, 0.29) is 5.82 Å². The van der Waals surface area contributed by atoms with E-state index in [0.29, 0.717) is 5.92 Å². The number of aliphatic hydroxyl groups is 1. The summed E-state index contributed by atoms with van der Waals surface area (Å²) in [6, 6.07) is 6.25. The second kappa shape index (κ2) is 5.37. The van der Waals surface area contributed by atoms with Gasteiger partial charge in [0.2, 0.25) is 0 Å². The normalized spacial score (nSPS) is 20.3. The van der Waals surface area contributed by atoms with E-state index in [4.69, 9.17) is 0 Å². The third kappa shape index (κ3) is 3.09. The minimum Gasteiger partial charge on any atom is -0.385 e. The van der Waals surface area contributed by atoms with Gasteiger partial charge in [0.1, 0.15) is 5.82 Å². The molecule has 1 aliphatic heterocycles. The number of piperidine rings is 1. The van der Waals surface area contributed by atoms with Crippen molar-refractivity contribution in [2.45, 2.75) is 32.3 Å². The Hall–Kier alpha value is -0.930. The fraction of sp³-hybridized carbons (Fsp3) is 0.600. The van der Waals surface area contributed by atoms with Gasteiger partial charge in [-0.05, 0) is 36.5 Å². The lowest BCUT2D eigenvalue weighted by Gasteiger charge is -2.39. The summed E-state index contributed by atoms with van der Waals surface area (Å²) in [4.78, 5) is 2.39. The van der Waals surface area contributed by atoms with Crippen molar-refractivity contribution in [2.24, 2.45) is 5.92 Å². The predicted molar refractivity (Wildman–Crippen MR) is 70.8 cm³/mol. The zero-order valence-electron chi connectivity index (χ0n) is 11.2. The summed E-state index contributed by atoms with van der Waals surface area (Å²) < 4.78 is 12.9. The number of hydrogen-bond donors (Lipinski definition) is 1. The molecule has 1 aromatic rings. The number of halogens is 1. The summed E-state index contributed by atoms with van der Waals surface area (Å²) in [7, 11) is 0. The van der Waals surface area contributed by atoms with Crippen LogP contribution in [0.4, 0.5) is 4.39 Å². The van der Waals surface area contributed by atoms with Crippen LogP contribution in [-0.4, -0.2) is 29.6 Å². The Labute approximate surface area is 108 Å². The van der Waals surface area contributed by atoms with Crippen LogP contribution in [0.25, 0.3) is 0 Å². The van der Waals surface area contributed by atoms with Gasteiger partial charge in [0.25, 0.3) is 0 Å². The van der Waals surface area contributed by atoms with Gasteiger partial charge < -0.3 is 10.0 Å². The molecule has 0 radical (unpaired) electrons. The molecule has 0 saturated carbocycles. The van der Waals surface area contributed by atoms with Gasteiger partial charge in [0, 0.05) is 19.6 Å². The number of rotatable bonds is 3. The molecule has 1 fully saturated rings. The molecule has 2 rings (SSSR count). The summed E-state index contributed by atoms with van der Waals surface area (Å²) in [5, 5.41) is 10.6. The minimum absolute atomic E-state index is 0.250. The molecule has 1 aromatic carbocycles. The van der Waals surface area contributed by atoms with Crippen LogP contribution in [0.5, 0.6) is 0 Å². The maximum absolute atomic E-state index is 12.9. The fourth-order valence-corrected chi connectivity index (χ4v) is 2.67. The lowest BCUT2D eigenvalue weighted by Crippen LogP contribution is -2.43. The third-order valence-electron chi connectivity index (χ3n) is 3.69. The van der Waals surface area contributed by atoms with Crippen molar-refractivity contribution >= 4 is 0 Å². The van der Waals surface area contributed by atoms with E-state index in [2.05, 4.69) is 18.7 Å². The number of hydrogen-bond acceptors (Lipinski definition) is 2. The van der Waals surface area contributed by atoms with Gasteiger partial charge in [0.05, 0.1) is 5.60 Å². The van der Waals surface area contributed by atoms with Crippen molar-refractivity contribution < 1.29 is 9.50 Å². The summed E-state index contributed by atoms with van der Waals surface area (Å²) in [5.41, 5.74) is 0.0642. The molecule has 100 valence electrons. The van der Waals surface area contributed by atoms with Crippen LogP contribution in [0.3, 0.4) is 0 Å². The van der Waals surface area contributed by atoms with Crippen molar-refractivity contribution in [3.63, 3.8) is 0 Å². The van der Waals surface area contributed by atoms with Gasteiger partial charge in [-0.1, -0.05) is 26.0 Å². The zero-order chi connectivity index (χ0) is 13.2. The van der Waals surface area contributed by atoms with Gasteiger partial charge in [-0.3, -0.25) is 0 Å². The SMILES string of the molecule is CC(C)CN1CCC(O)(c2ccc(F)cc2)CC1. The first kappa shape index (κ1) is 13.5. The maximum atomic E-state index is 12.9. The van der Waals surface area contributed by atoms with E-state index in [0.717, 1.165) is 38.0 Å². The van der Waals surface area contributed by atoms with Gasteiger partial charge >= 0.3 is 0 Å². The molecule has 1 heterocycles. The van der Waals surface area contributed by atoms with Crippen LogP contribution in [0.15, 0.2) is 24.3 Å². The maximum Gasteiger partial charge on any atom is 0.123 e. The zero-order valence-corrected chi connectivity index (χ0v) is 11.2. The Kier molecular flexibility index (Phi) is 4.03. The first-order chi connectivity index (χ1) is 8.49. The van der Waals surface area contributed by atoms with Crippen LogP contribution in [0.2, 0.25) is 0 Å². The molecule has 0 bridgehead atoms. The third-order valence-corrected chi connectivity index (χ3v) is 3.69. The smallest absolute Gasteiger partial charge is 0.123 e. The summed E-state index contributed by atoms with van der Waals surface area (Å²) in [5.74, 6) is 0.404. The highest BCUT2D eigenvalue weighted by molar-refractivity contribution is 5.23. The van der Waals surface area contributed by atoms with Gasteiger partial charge in [-0.2, -0.15) is 0 Å². The predicted octanol–water partition coefficient (Wildman–Crippen LogP) is 2.77. The van der Waals surface area contributed by atoms with E-state index >= 15 is 0 Å². The first-order valence-corrected chi connectivity index (χ1v) is 6.70. The Morgan fingerprint density at radius 3 is 2.28 bits per heavy atom. The van der Waals surface area contributed by atoms with Gasteiger partial charge in [-0.25, -0.2) is 4.39 Å². The topological polar surface area (TPSA) is 23.5 Å². The van der Waals surface area contributed by atoms with Crippen molar-refractivity contribution in [3.8, 4) is 0 Å². The molecule has 0 aromatic heterocycles. The molecule has 0 amide bonds. The van der Waals surface area contributed by atoms with E-state index in [1.807, 2.05) is 0 Å². The van der Waals surface area contributed by atoms with Crippen molar-refractivity contribution in [1.29, 1.82) is 0 Å². The molecule has 3 heteroatoms. The average Bonchev–Trinajstić information content (AvgIpc) is 2.32. The number of likely N-dealkylation sites (tertiary alicyclic amines) is 1. The molecular formula is C15H22FNO. The van der Waals surface area contributed by atoms with Gasteiger partial charge in [0.15, 0.2) is 0 Å². The molecule has 0 spiro atoms. The summed E-state index contributed by atoms with van der Waals surface area (Å²) in [6.07, 6.45) is 1.46. The quantitative estimate of drug-likeness (QED) is 0.893. The van der Waals surface area contributed by atoms with Crippen LogP contribution < -0.4 is 0 Å². The lowest BCUT2D eigenvalue weighted by molar-refractivity contribution is -0.0280. The standard InChI is InChI=1S/C15H22FNO/c1-12(2)11-17-9-7-15(18,8-10-17)13-3-5-14(16)6-4-13/h3-6,12,18H,7-11H2,1-2H3. The van der Waals surface area contributed by atoms with Gasteiger partial charge in [-0.15, -0.1) is 0 Å². The highest BCUT2D eigenvalue weighted by Gasteiger charge is 2.33. The second-order valence-corrected chi connectivity index (χ2v) is 5.73. The van der Waals surface area contributed by atoms with E-state index < -0.39 is 5.60 Å². The lowest BCUT2D eigenvalue weighted by atomic mass is 9.84. The van der Waals surface area contributed by atoms with Crippen molar-refractivity contribution in [1.82, 2.24) is 4.90 Å². The average molecular weight is 251 g/mol. The minimum atomic E-state index is -0.777. The Morgan fingerprint density at radius 2 is 1.78 bits per heavy atom. The van der Waals surface area contributed by atoms with Crippen LogP contribution in [-0.2, 0) is 5.60 Å². The van der Waals surface area contributed by atoms with Crippen LogP contribution in [0, 0.1) is 11.7 Å². The Morgan fingerprint density at radius 1 is 1.22 bits per heavy atom. The molecule has 0 atom stereocenters. The second-order valence-electron chi connectivity index (χ2n) is 5.73. The molecule has 0 aliphatic carbocycles. The van der Waals surface area contributed by atoms with E-state index in [1.165, 1.54) is 12.1 Å². The molecular weight excluding hydrogens is 229 g/mol. The van der Waals surface area contributed by atoms with Crippen LogP contribution >= 0.6 is 0 Å². The Bertz CT molecular complexity index is 380. The highest BCUT2D eigenvalue weighted by Crippen LogP contribution is 2.32. The molecule has 18 heavy (non-hydrogen) atoms. The van der Waals surface area contributed by atoms with Crippen molar-refractivity contribution in [2.75, 3.05) is 19.6 Å². The molecule has 1 saturated heterocycles. The number of benzene rings is 1. The molecule has 2 nitrogen and oxygen atoms in total. The molecule has 1 aliphatic rings. The van der Waals surface area contributed by atoms with E-state index in [1.54, 1.807) is 12.1 Å². The van der Waals surface area contributed by atoms with E-state index in [9.17, 15) is 9.50 Å². The molecule has 1 N–H and O–H groups in total. The molecule has 0 unspecified atom stereocenters. The fourth-order valence-electron chi connectivity index (χ4n) is 2.67. The Balaban J connectivity index is 2.00. The summed E-state index contributed by atoms with van der Waals surface area (Å²) >= 11 is 0. The first-order valence-electron chi connectivity index (χ1n) is 6.70. The van der Waals surface area contributed by atoms with Crippen LogP contribution in [0.1, 0.15) is 32.3 Å². The number of nitrogens with zero attached hydrogens (tertiary/aromatic N) is 1. The largest absolute Gasteiger partial charge is 0.385 e. The van der Waals surface area contributed by atoms with Crippen molar-refractivity contribution in [3.05, 3.63) is 35.6 Å². The highest BCUT2D eigenvalue weighted by atomic mass is 19.1.